The van der Waals surface area contributed by atoms with E-state index < -0.39 is 16.3 Å². The molecule has 4 nitrogen and oxygen atoms in total. The average Bonchev–Trinajstić information content (AvgIpc) is 2.17. The van der Waals surface area contributed by atoms with Crippen molar-refractivity contribution in [3.63, 3.8) is 0 Å². The van der Waals surface area contributed by atoms with E-state index in [9.17, 15) is 23.3 Å². The van der Waals surface area contributed by atoms with Crippen LogP contribution in [-0.4, -0.2) is 16.3 Å². The van der Waals surface area contributed by atoms with Crippen molar-refractivity contribution in [2.24, 2.45) is 4.99 Å². The van der Waals surface area contributed by atoms with Crippen molar-refractivity contribution in [1.82, 2.24) is 0 Å². The van der Waals surface area contributed by atoms with Crippen molar-refractivity contribution in [2.45, 2.75) is 6.18 Å². The van der Waals surface area contributed by atoms with Crippen molar-refractivity contribution in [2.75, 3.05) is 0 Å². The SMILES string of the molecule is O=[N+]([O-])c1ccc(N=C(Cl)C(F)(F)F)cc1. The van der Waals surface area contributed by atoms with Gasteiger partial charge in [0.25, 0.3) is 5.69 Å². The van der Waals surface area contributed by atoms with Crippen LogP contribution in [0.4, 0.5) is 24.5 Å². The topological polar surface area (TPSA) is 55.5 Å². The maximum atomic E-state index is 12.0. The molecule has 0 heterocycles. The first-order chi connectivity index (χ1) is 7.30. The molecule has 0 amide bonds. The van der Waals surface area contributed by atoms with Gasteiger partial charge in [0.2, 0.25) is 5.17 Å². The first-order valence-corrected chi connectivity index (χ1v) is 4.24. The van der Waals surface area contributed by atoms with Crippen LogP contribution in [0, 0.1) is 10.1 Å². The number of hydrogen-bond donors (Lipinski definition) is 0. The molecule has 0 saturated carbocycles. The van der Waals surface area contributed by atoms with Crippen molar-refractivity contribution < 1.29 is 18.1 Å². The highest BCUT2D eigenvalue weighted by atomic mass is 35.5. The number of aliphatic imine (C=N–C) groups is 1. The Morgan fingerprint density at radius 3 is 2.19 bits per heavy atom. The van der Waals surface area contributed by atoms with E-state index in [1.165, 1.54) is 0 Å². The van der Waals surface area contributed by atoms with Gasteiger partial charge in [0.1, 0.15) is 0 Å². The molecule has 0 aromatic heterocycles. The number of halogens is 4. The molecule has 16 heavy (non-hydrogen) atoms. The summed E-state index contributed by atoms with van der Waals surface area (Å²) in [5.41, 5.74) is -0.338. The maximum absolute atomic E-state index is 12.0. The Balaban J connectivity index is 2.96. The predicted molar refractivity (Wildman–Crippen MR) is 52.1 cm³/mol. The monoisotopic (exact) mass is 252 g/mol. The Morgan fingerprint density at radius 1 is 1.31 bits per heavy atom. The number of alkyl halides is 3. The first-order valence-electron chi connectivity index (χ1n) is 3.86. The molecule has 1 aromatic rings. The summed E-state index contributed by atoms with van der Waals surface area (Å²) in [6.07, 6.45) is -4.72. The van der Waals surface area contributed by atoms with Crippen LogP contribution in [0.15, 0.2) is 29.3 Å². The van der Waals surface area contributed by atoms with E-state index in [2.05, 4.69) is 4.99 Å². The summed E-state index contributed by atoms with van der Waals surface area (Å²) in [4.78, 5) is 12.7. The van der Waals surface area contributed by atoms with Gasteiger partial charge in [-0.2, -0.15) is 13.2 Å². The van der Waals surface area contributed by atoms with Crippen molar-refractivity contribution in [3.05, 3.63) is 34.4 Å². The van der Waals surface area contributed by atoms with Crippen LogP contribution in [0.2, 0.25) is 0 Å². The van der Waals surface area contributed by atoms with Crippen LogP contribution in [0.1, 0.15) is 0 Å². The van der Waals surface area contributed by atoms with Gasteiger partial charge in [0, 0.05) is 12.1 Å². The summed E-state index contributed by atoms with van der Waals surface area (Å²) in [5.74, 6) is 0. The minimum absolute atomic E-state index is 0.104. The zero-order chi connectivity index (χ0) is 12.3. The van der Waals surface area contributed by atoms with E-state index in [-0.39, 0.29) is 11.4 Å². The molecule has 0 spiro atoms. The number of nitro groups is 1. The van der Waals surface area contributed by atoms with Gasteiger partial charge in [-0.25, -0.2) is 4.99 Å². The number of nitro benzene ring substituents is 1. The third-order valence-corrected chi connectivity index (χ3v) is 1.82. The molecule has 86 valence electrons. The normalized spacial score (nSPS) is 12.6. The summed E-state index contributed by atoms with van der Waals surface area (Å²) in [5, 5.41) is 8.73. The highest BCUT2D eigenvalue weighted by molar-refractivity contribution is 6.67. The van der Waals surface area contributed by atoms with Crippen LogP contribution in [0.25, 0.3) is 0 Å². The number of rotatable bonds is 2. The standard InChI is InChI=1S/C8H4ClF3N2O2/c9-7(8(10,11)12)13-5-1-3-6(4-2-5)14(15)16/h1-4H. The Hall–Kier alpha value is -1.63. The van der Waals surface area contributed by atoms with Gasteiger partial charge in [0.15, 0.2) is 0 Å². The van der Waals surface area contributed by atoms with E-state index in [4.69, 9.17) is 11.6 Å². The molecule has 0 bridgehead atoms. The van der Waals surface area contributed by atoms with Crippen molar-refractivity contribution in [3.8, 4) is 0 Å². The number of benzene rings is 1. The van der Waals surface area contributed by atoms with E-state index >= 15 is 0 Å². The molecular weight excluding hydrogens is 249 g/mol. The van der Waals surface area contributed by atoms with Crippen LogP contribution < -0.4 is 0 Å². The van der Waals surface area contributed by atoms with Crippen LogP contribution in [0.5, 0.6) is 0 Å². The lowest BCUT2D eigenvalue weighted by Gasteiger charge is -2.02. The Kier molecular flexibility index (Phi) is 3.48. The Bertz CT molecular complexity index is 428. The molecule has 1 aromatic carbocycles. The molecule has 0 N–H and O–H groups in total. The molecule has 0 unspecified atom stereocenters. The highest BCUT2D eigenvalue weighted by Crippen LogP contribution is 2.24. The van der Waals surface area contributed by atoms with E-state index in [1.54, 1.807) is 0 Å². The van der Waals surface area contributed by atoms with E-state index in [1.807, 2.05) is 0 Å². The molecule has 0 radical (unpaired) electrons. The van der Waals surface area contributed by atoms with Gasteiger partial charge in [-0.15, -0.1) is 0 Å². The Labute approximate surface area is 92.5 Å². The first kappa shape index (κ1) is 12.4. The molecule has 0 aliphatic carbocycles. The summed E-state index contributed by atoms with van der Waals surface area (Å²) in [7, 11) is 0. The minimum Gasteiger partial charge on any atom is -0.258 e. The van der Waals surface area contributed by atoms with Gasteiger partial charge in [-0.3, -0.25) is 10.1 Å². The lowest BCUT2D eigenvalue weighted by Crippen LogP contribution is -2.16. The molecule has 0 fully saturated rings. The molecule has 1 rings (SSSR count). The fraction of sp³-hybridized carbons (Fsp3) is 0.125. The van der Waals surface area contributed by atoms with Crippen LogP contribution >= 0.6 is 11.6 Å². The van der Waals surface area contributed by atoms with Gasteiger partial charge < -0.3 is 0 Å². The van der Waals surface area contributed by atoms with E-state index in [0.29, 0.717) is 0 Å². The molecule has 0 saturated heterocycles. The fourth-order valence-corrected chi connectivity index (χ4v) is 0.923. The van der Waals surface area contributed by atoms with Gasteiger partial charge >= 0.3 is 6.18 Å². The second-order valence-electron chi connectivity index (χ2n) is 2.67. The highest BCUT2D eigenvalue weighted by Gasteiger charge is 2.34. The summed E-state index contributed by atoms with van der Waals surface area (Å²) < 4.78 is 35.9. The molecular formula is C8H4ClF3N2O2. The number of nitrogens with zero attached hydrogens (tertiary/aromatic N) is 2. The second kappa shape index (κ2) is 4.48. The third kappa shape index (κ3) is 3.20. The third-order valence-electron chi connectivity index (χ3n) is 1.52. The van der Waals surface area contributed by atoms with Gasteiger partial charge in [0.05, 0.1) is 10.6 Å². The molecule has 0 aliphatic rings. The number of non-ortho nitro benzene ring substituents is 1. The lowest BCUT2D eigenvalue weighted by atomic mass is 10.3. The Morgan fingerprint density at radius 2 is 1.81 bits per heavy atom. The number of hydrogen-bond acceptors (Lipinski definition) is 3. The fourth-order valence-electron chi connectivity index (χ4n) is 0.826. The summed E-state index contributed by atoms with van der Waals surface area (Å²) in [6.45, 7) is 0. The van der Waals surface area contributed by atoms with E-state index in [0.717, 1.165) is 24.3 Å². The zero-order valence-corrected chi connectivity index (χ0v) is 8.29. The predicted octanol–water partition coefficient (Wildman–Crippen LogP) is 3.43. The smallest absolute Gasteiger partial charge is 0.258 e. The van der Waals surface area contributed by atoms with Crippen molar-refractivity contribution >= 4 is 28.1 Å². The summed E-state index contributed by atoms with van der Waals surface area (Å²) in [6, 6.07) is 4.23. The van der Waals surface area contributed by atoms with Crippen LogP contribution in [0.3, 0.4) is 0 Å². The minimum atomic E-state index is -4.72. The zero-order valence-electron chi connectivity index (χ0n) is 7.53. The molecule has 0 atom stereocenters. The lowest BCUT2D eigenvalue weighted by molar-refractivity contribution is -0.384. The van der Waals surface area contributed by atoms with Gasteiger partial charge in [-0.1, -0.05) is 11.6 Å². The summed E-state index contributed by atoms with van der Waals surface area (Å²) >= 11 is 4.88. The average molecular weight is 253 g/mol. The van der Waals surface area contributed by atoms with Gasteiger partial charge in [-0.05, 0) is 12.1 Å². The quantitative estimate of drug-likeness (QED) is 0.460. The maximum Gasteiger partial charge on any atom is 0.444 e. The van der Waals surface area contributed by atoms with Crippen molar-refractivity contribution in [1.29, 1.82) is 0 Å². The largest absolute Gasteiger partial charge is 0.444 e. The second-order valence-corrected chi connectivity index (χ2v) is 3.03. The molecule has 0 aliphatic heterocycles. The van der Waals surface area contributed by atoms with Crippen LogP contribution in [-0.2, 0) is 0 Å². The molecule has 8 heteroatoms.